The molecule has 1 aliphatic rings. The van der Waals surface area contributed by atoms with Crippen molar-refractivity contribution in [1.29, 1.82) is 0 Å². The summed E-state index contributed by atoms with van der Waals surface area (Å²) in [6.07, 6.45) is -0.0893. The zero-order valence-corrected chi connectivity index (χ0v) is 25.9. The lowest BCUT2D eigenvalue weighted by molar-refractivity contribution is -0.165. The van der Waals surface area contributed by atoms with Crippen molar-refractivity contribution in [3.8, 4) is 0 Å². The number of pyridine rings is 1. The highest BCUT2D eigenvalue weighted by Crippen LogP contribution is 2.18. The molecule has 3 aromatic rings. The largest absolute Gasteiger partial charge is 0.459 e. The molecule has 4 rings (SSSR count). The van der Waals surface area contributed by atoms with Crippen LogP contribution in [0.3, 0.4) is 0 Å². The Hall–Kier alpha value is -4.39. The molecule has 1 fully saturated rings. The summed E-state index contributed by atoms with van der Waals surface area (Å²) in [5, 5.41) is 19.4. The van der Waals surface area contributed by atoms with Gasteiger partial charge in [-0.05, 0) is 57.7 Å². The van der Waals surface area contributed by atoms with Crippen LogP contribution in [0.1, 0.15) is 56.1 Å². The molecule has 45 heavy (non-hydrogen) atoms. The number of fused-ring (bicyclic) bond motifs is 1. The number of nitrogens with one attached hydrogen (secondary N) is 3. The Morgan fingerprint density at radius 1 is 1.04 bits per heavy atom. The van der Waals surface area contributed by atoms with Gasteiger partial charge in [-0.2, -0.15) is 0 Å². The van der Waals surface area contributed by atoms with Crippen LogP contribution in [-0.4, -0.2) is 81.7 Å². The maximum Gasteiger partial charge on any atom is 0.325 e. The summed E-state index contributed by atoms with van der Waals surface area (Å²) in [5.74, 6) is -2.55. The number of esters is 1. The summed E-state index contributed by atoms with van der Waals surface area (Å²) < 4.78 is 5.61. The van der Waals surface area contributed by atoms with Crippen LogP contribution in [-0.2, 0) is 25.5 Å². The first-order valence-corrected chi connectivity index (χ1v) is 15.1. The maximum atomic E-state index is 13.6. The summed E-state index contributed by atoms with van der Waals surface area (Å²) in [7, 11) is 0. The van der Waals surface area contributed by atoms with E-state index in [0.29, 0.717) is 18.5 Å². The molecule has 6 N–H and O–H groups in total. The number of aromatic nitrogens is 1. The van der Waals surface area contributed by atoms with Crippen molar-refractivity contribution in [1.82, 2.24) is 26.1 Å². The van der Waals surface area contributed by atoms with Crippen molar-refractivity contribution < 1.29 is 29.0 Å². The van der Waals surface area contributed by atoms with Gasteiger partial charge in [0.25, 0.3) is 5.91 Å². The van der Waals surface area contributed by atoms with Gasteiger partial charge in [0.05, 0.1) is 24.1 Å². The van der Waals surface area contributed by atoms with E-state index in [1.54, 1.807) is 44.0 Å². The smallest absolute Gasteiger partial charge is 0.325 e. The van der Waals surface area contributed by atoms with Crippen molar-refractivity contribution in [2.45, 2.75) is 76.3 Å². The normalized spacial score (nSPS) is 17.6. The van der Waals surface area contributed by atoms with Gasteiger partial charge < -0.3 is 26.2 Å². The zero-order valence-electron chi connectivity index (χ0n) is 25.9. The molecule has 1 aliphatic heterocycles. The summed E-state index contributed by atoms with van der Waals surface area (Å²) in [4.78, 5) is 56.1. The van der Waals surface area contributed by atoms with E-state index in [1.165, 1.54) is 6.07 Å². The van der Waals surface area contributed by atoms with E-state index in [4.69, 9.17) is 10.5 Å². The van der Waals surface area contributed by atoms with Crippen molar-refractivity contribution in [3.05, 3.63) is 78.0 Å². The van der Waals surface area contributed by atoms with Crippen molar-refractivity contribution in [3.63, 3.8) is 0 Å². The van der Waals surface area contributed by atoms with E-state index in [0.717, 1.165) is 17.4 Å². The van der Waals surface area contributed by atoms with E-state index in [9.17, 15) is 24.3 Å². The molecule has 1 saturated heterocycles. The minimum absolute atomic E-state index is 0.00442. The monoisotopic (exact) mass is 618 g/mol. The Morgan fingerprint density at radius 2 is 1.76 bits per heavy atom. The standard InChI is InChI=1S/C33H42N6O6/c1-33(2,3)45-32(44)27-14-9-17-35-39(27)20-28(40)25(18-21-10-5-4-6-11-21)37-31(43)26(19-29(34)41)38-30(42)24-16-15-22-12-7-8-13-23(22)36-24/h4-8,10-13,15-16,25-28,35,40H,9,14,17-20H2,1-3H3,(H2,34,41)(H,37,43)(H,38,42)/t25-,26-,27?,28-/m0/s1. The third-order valence-corrected chi connectivity index (χ3v) is 7.36. The number of primary amides is 1. The summed E-state index contributed by atoms with van der Waals surface area (Å²) >= 11 is 0. The zero-order chi connectivity index (χ0) is 32.6. The number of aliphatic hydroxyl groups is 1. The number of nitrogens with zero attached hydrogens (tertiary/aromatic N) is 2. The summed E-state index contributed by atoms with van der Waals surface area (Å²) in [5.41, 5.74) is 9.47. The summed E-state index contributed by atoms with van der Waals surface area (Å²) in [6.45, 7) is 5.99. The Bertz CT molecular complexity index is 1490. The molecule has 12 heteroatoms. The number of nitrogens with two attached hydrogens (primary N) is 1. The molecule has 240 valence electrons. The van der Waals surface area contributed by atoms with Crippen molar-refractivity contribution in [2.24, 2.45) is 5.73 Å². The lowest BCUT2D eigenvalue weighted by Crippen LogP contribution is -2.60. The fourth-order valence-electron chi connectivity index (χ4n) is 5.19. The van der Waals surface area contributed by atoms with Gasteiger partial charge in [0.1, 0.15) is 23.4 Å². The Kier molecular flexibility index (Phi) is 11.2. The first-order valence-electron chi connectivity index (χ1n) is 15.1. The number of carbonyl (C=O) groups excluding carboxylic acids is 4. The number of amides is 3. The van der Waals surface area contributed by atoms with Crippen LogP contribution in [0.2, 0.25) is 0 Å². The molecule has 2 aromatic carbocycles. The molecule has 0 aliphatic carbocycles. The fourth-order valence-corrected chi connectivity index (χ4v) is 5.19. The second-order valence-corrected chi connectivity index (χ2v) is 12.2. The molecule has 0 saturated carbocycles. The minimum Gasteiger partial charge on any atom is -0.459 e. The SMILES string of the molecule is CC(C)(C)OC(=O)C1CCCNN1C[C@H](O)[C@H](Cc1ccccc1)NC(=O)[C@H](CC(N)=O)NC(=O)c1ccc2ccccc2n1. The first kappa shape index (κ1) is 33.5. The van der Waals surface area contributed by atoms with Gasteiger partial charge in [-0.15, -0.1) is 0 Å². The number of β-amino-alcohol motifs (C(OH)–C–C–N with tert-alkyl or cyclic N) is 1. The number of hydrogen-bond acceptors (Lipinski definition) is 9. The average molecular weight is 619 g/mol. The van der Waals surface area contributed by atoms with Crippen LogP contribution >= 0.6 is 0 Å². The van der Waals surface area contributed by atoms with E-state index < -0.39 is 59.9 Å². The topological polar surface area (TPSA) is 176 Å². The highest BCUT2D eigenvalue weighted by atomic mass is 16.6. The van der Waals surface area contributed by atoms with Crippen molar-refractivity contribution in [2.75, 3.05) is 13.1 Å². The van der Waals surface area contributed by atoms with E-state index >= 15 is 0 Å². The predicted octanol–water partition coefficient (Wildman–Crippen LogP) is 1.61. The van der Waals surface area contributed by atoms with Crippen LogP contribution in [0.15, 0.2) is 66.7 Å². The molecule has 1 unspecified atom stereocenters. The van der Waals surface area contributed by atoms with Crippen LogP contribution in [0.25, 0.3) is 10.9 Å². The molecule has 0 bridgehead atoms. The number of hydrazine groups is 1. The molecular formula is C33H42N6O6. The molecule has 4 atom stereocenters. The van der Waals surface area contributed by atoms with Gasteiger partial charge in [0.15, 0.2) is 0 Å². The molecule has 0 spiro atoms. The van der Waals surface area contributed by atoms with E-state index in [-0.39, 0.29) is 18.7 Å². The predicted molar refractivity (Wildman–Crippen MR) is 168 cm³/mol. The molecule has 0 radical (unpaired) electrons. The van der Waals surface area contributed by atoms with Crippen LogP contribution in [0.5, 0.6) is 0 Å². The van der Waals surface area contributed by atoms with Gasteiger partial charge in [-0.25, -0.2) is 9.99 Å². The highest BCUT2D eigenvalue weighted by Gasteiger charge is 2.36. The molecular weight excluding hydrogens is 576 g/mol. The molecule has 12 nitrogen and oxygen atoms in total. The second kappa shape index (κ2) is 15.1. The van der Waals surface area contributed by atoms with Crippen LogP contribution in [0, 0.1) is 0 Å². The Balaban J connectivity index is 1.52. The van der Waals surface area contributed by atoms with Gasteiger partial charge >= 0.3 is 5.97 Å². The van der Waals surface area contributed by atoms with Crippen LogP contribution in [0.4, 0.5) is 0 Å². The maximum absolute atomic E-state index is 13.6. The highest BCUT2D eigenvalue weighted by molar-refractivity contribution is 5.99. The number of hydrogen-bond donors (Lipinski definition) is 5. The van der Waals surface area contributed by atoms with E-state index in [2.05, 4.69) is 21.0 Å². The van der Waals surface area contributed by atoms with Gasteiger partial charge in [0, 0.05) is 18.5 Å². The minimum atomic E-state index is -1.32. The van der Waals surface area contributed by atoms with Crippen molar-refractivity contribution >= 4 is 34.6 Å². The average Bonchev–Trinajstić information content (AvgIpc) is 2.99. The number of carbonyl (C=O) groups is 4. The fraction of sp³-hybridized carbons (Fsp3) is 0.424. The third-order valence-electron chi connectivity index (χ3n) is 7.36. The third kappa shape index (κ3) is 9.80. The summed E-state index contributed by atoms with van der Waals surface area (Å²) in [6, 6.07) is 17.0. The van der Waals surface area contributed by atoms with Gasteiger partial charge in [0.2, 0.25) is 11.8 Å². The quantitative estimate of drug-likeness (QED) is 0.189. The Morgan fingerprint density at radius 3 is 2.47 bits per heavy atom. The number of benzene rings is 2. The number of ether oxygens (including phenoxy) is 1. The Labute approximate surface area is 262 Å². The van der Waals surface area contributed by atoms with Gasteiger partial charge in [-0.1, -0.05) is 54.6 Å². The molecule has 1 aromatic heterocycles. The molecule has 2 heterocycles. The number of para-hydroxylation sites is 1. The lowest BCUT2D eigenvalue weighted by atomic mass is 9.99. The van der Waals surface area contributed by atoms with Gasteiger partial charge in [-0.3, -0.25) is 24.6 Å². The molecule has 3 amide bonds. The number of rotatable bonds is 12. The van der Waals surface area contributed by atoms with Crippen LogP contribution < -0.4 is 21.8 Å². The van der Waals surface area contributed by atoms with E-state index in [1.807, 2.05) is 42.5 Å². The first-order chi connectivity index (χ1) is 21.4. The lowest BCUT2D eigenvalue weighted by Gasteiger charge is -2.38. The second-order valence-electron chi connectivity index (χ2n) is 12.2. The number of aliphatic hydroxyl groups excluding tert-OH is 1.